The number of aliphatic hydroxyl groups is 1. The number of rotatable bonds is 4. The summed E-state index contributed by atoms with van der Waals surface area (Å²) in [6.45, 7) is 0. The van der Waals surface area contributed by atoms with Crippen molar-refractivity contribution >= 4 is 10.1 Å². The van der Waals surface area contributed by atoms with Gasteiger partial charge < -0.3 is 5.11 Å². The molecule has 0 aromatic carbocycles. The van der Waals surface area contributed by atoms with Crippen molar-refractivity contribution in [3.8, 4) is 0 Å². The number of hydrogen-bond donors (Lipinski definition) is 3. The van der Waals surface area contributed by atoms with E-state index in [-0.39, 0.29) is 0 Å². The van der Waals surface area contributed by atoms with Crippen LogP contribution in [0.1, 0.15) is 38.5 Å². The molecular weight excluding hydrogens is 292 g/mol. The van der Waals surface area contributed by atoms with Gasteiger partial charge in [0.15, 0.2) is 6.23 Å². The van der Waals surface area contributed by atoms with Gasteiger partial charge in [0, 0.05) is 5.54 Å². The van der Waals surface area contributed by atoms with E-state index in [0.29, 0.717) is 37.0 Å². The normalized spacial score (nSPS) is 41.9. The fourth-order valence-corrected chi connectivity index (χ4v) is 5.14. The molecule has 116 valence electrons. The van der Waals surface area contributed by atoms with Gasteiger partial charge in [0.05, 0.1) is 0 Å². The van der Waals surface area contributed by atoms with Gasteiger partial charge in [-0.25, -0.2) is 0 Å². The Kier molecular flexibility index (Phi) is 3.18. The topological polar surface area (TPSA) is 86.6 Å². The average Bonchev–Trinajstić information content (AvgIpc) is 2.24. The van der Waals surface area contributed by atoms with Gasteiger partial charge in [-0.1, -0.05) is 0 Å². The fraction of sp³-hybridized carbons (Fsp3) is 1.00. The van der Waals surface area contributed by atoms with Crippen LogP contribution in [0.25, 0.3) is 0 Å². The maximum absolute atomic E-state index is 13.5. The molecule has 0 heterocycles. The average molecular weight is 311 g/mol. The molecule has 0 aliphatic heterocycles. The van der Waals surface area contributed by atoms with Crippen molar-refractivity contribution in [2.24, 2.45) is 17.8 Å². The molecule has 4 fully saturated rings. The van der Waals surface area contributed by atoms with Crippen LogP contribution in [0.2, 0.25) is 0 Å². The minimum Gasteiger partial charge on any atom is -0.371 e. The third-order valence-corrected chi connectivity index (χ3v) is 6.05. The van der Waals surface area contributed by atoms with Crippen LogP contribution in [-0.2, 0) is 10.1 Å². The second-order valence-corrected chi connectivity index (χ2v) is 8.28. The molecule has 5 nitrogen and oxygen atoms in total. The highest BCUT2D eigenvalue weighted by Gasteiger charge is 2.57. The lowest BCUT2D eigenvalue weighted by atomic mass is 9.53. The SMILES string of the molecule is O=S(=O)(O)C(F)(F)C(O)NC12CC3CC(CC(C3)C1)C2. The summed E-state index contributed by atoms with van der Waals surface area (Å²) >= 11 is 0. The minimum absolute atomic E-state index is 0.473. The van der Waals surface area contributed by atoms with Crippen molar-refractivity contribution in [1.82, 2.24) is 5.32 Å². The molecule has 1 unspecified atom stereocenters. The second kappa shape index (κ2) is 4.34. The van der Waals surface area contributed by atoms with Gasteiger partial charge in [-0.15, -0.1) is 0 Å². The zero-order chi connectivity index (χ0) is 14.8. The summed E-state index contributed by atoms with van der Waals surface area (Å²) in [6, 6.07) is 0. The van der Waals surface area contributed by atoms with E-state index in [1.807, 2.05) is 0 Å². The second-order valence-electron chi connectivity index (χ2n) is 6.78. The van der Waals surface area contributed by atoms with E-state index in [1.165, 1.54) is 0 Å². The molecule has 0 aromatic rings. The summed E-state index contributed by atoms with van der Waals surface area (Å²) in [5.74, 6) is 1.42. The Labute approximate surface area is 116 Å². The molecule has 4 saturated carbocycles. The summed E-state index contributed by atoms with van der Waals surface area (Å²) in [4.78, 5) is 0. The van der Waals surface area contributed by atoms with Crippen molar-refractivity contribution < 1.29 is 26.9 Å². The first kappa shape index (κ1) is 14.6. The summed E-state index contributed by atoms with van der Waals surface area (Å²) in [6.07, 6.45) is 2.81. The number of halogens is 2. The third kappa shape index (κ3) is 2.26. The molecule has 3 N–H and O–H groups in total. The summed E-state index contributed by atoms with van der Waals surface area (Å²) in [5, 5.41) is 7.42. The number of aliphatic hydroxyl groups excluding tert-OH is 1. The lowest BCUT2D eigenvalue weighted by Crippen LogP contribution is -2.64. The van der Waals surface area contributed by atoms with Gasteiger partial charge in [0.1, 0.15) is 0 Å². The molecule has 20 heavy (non-hydrogen) atoms. The van der Waals surface area contributed by atoms with E-state index in [0.717, 1.165) is 19.3 Å². The molecule has 0 radical (unpaired) electrons. The Morgan fingerprint density at radius 2 is 1.50 bits per heavy atom. The minimum atomic E-state index is -5.63. The Bertz CT molecular complexity index is 472. The largest absolute Gasteiger partial charge is 0.407 e. The van der Waals surface area contributed by atoms with E-state index >= 15 is 0 Å². The zero-order valence-corrected chi connectivity index (χ0v) is 11.7. The fourth-order valence-electron chi connectivity index (χ4n) is 4.80. The summed E-state index contributed by atoms with van der Waals surface area (Å²) in [7, 11) is -5.63. The molecule has 0 aromatic heterocycles. The van der Waals surface area contributed by atoms with Crippen LogP contribution in [0.3, 0.4) is 0 Å². The highest BCUT2D eigenvalue weighted by Crippen LogP contribution is 2.55. The maximum Gasteiger partial charge on any atom is 0.407 e. The van der Waals surface area contributed by atoms with Crippen LogP contribution < -0.4 is 5.32 Å². The molecule has 1 atom stereocenters. The highest BCUT2D eigenvalue weighted by molar-refractivity contribution is 7.86. The summed E-state index contributed by atoms with van der Waals surface area (Å²) < 4.78 is 56.8. The molecule has 4 aliphatic rings. The molecule has 4 rings (SSSR count). The van der Waals surface area contributed by atoms with Crippen LogP contribution in [0.4, 0.5) is 8.78 Å². The van der Waals surface area contributed by atoms with Gasteiger partial charge in [-0.2, -0.15) is 17.2 Å². The number of alkyl halides is 2. The Morgan fingerprint density at radius 3 is 1.85 bits per heavy atom. The Balaban J connectivity index is 1.78. The zero-order valence-electron chi connectivity index (χ0n) is 10.9. The van der Waals surface area contributed by atoms with E-state index in [9.17, 15) is 22.3 Å². The molecule has 0 spiro atoms. The van der Waals surface area contributed by atoms with Crippen molar-refractivity contribution in [3.63, 3.8) is 0 Å². The van der Waals surface area contributed by atoms with Gasteiger partial charge in [-0.05, 0) is 56.3 Å². The standard InChI is InChI=1S/C12H19F2NO4S/c13-12(14,20(17,18)19)10(16)15-11-4-7-1-8(5-11)3-9(2-7)6-11/h7-10,15-16H,1-6H2,(H,17,18,19). The highest BCUT2D eigenvalue weighted by atomic mass is 32.2. The van der Waals surface area contributed by atoms with Gasteiger partial charge >= 0.3 is 15.4 Å². The van der Waals surface area contributed by atoms with Crippen molar-refractivity contribution in [2.75, 3.05) is 0 Å². The van der Waals surface area contributed by atoms with Crippen LogP contribution >= 0.6 is 0 Å². The lowest BCUT2D eigenvalue weighted by molar-refractivity contribution is -0.109. The quantitative estimate of drug-likeness (QED) is 0.539. The third-order valence-electron chi connectivity index (χ3n) is 5.14. The Morgan fingerprint density at radius 1 is 1.10 bits per heavy atom. The Hall–Kier alpha value is -0.310. The predicted octanol–water partition coefficient (Wildman–Crippen LogP) is 1.34. The molecular formula is C12H19F2NO4S. The predicted molar refractivity (Wildman–Crippen MR) is 66.5 cm³/mol. The van der Waals surface area contributed by atoms with Crippen molar-refractivity contribution in [1.29, 1.82) is 0 Å². The molecule has 0 amide bonds. The van der Waals surface area contributed by atoms with Gasteiger partial charge in [0.25, 0.3) is 0 Å². The van der Waals surface area contributed by atoms with Crippen molar-refractivity contribution in [2.45, 2.75) is 55.5 Å². The smallest absolute Gasteiger partial charge is 0.371 e. The van der Waals surface area contributed by atoms with E-state index in [4.69, 9.17) is 4.55 Å². The summed E-state index contributed by atoms with van der Waals surface area (Å²) in [5.41, 5.74) is -0.609. The number of nitrogens with one attached hydrogen (secondary N) is 1. The first-order chi connectivity index (χ1) is 9.11. The van der Waals surface area contributed by atoms with E-state index < -0.39 is 27.1 Å². The van der Waals surface area contributed by atoms with Gasteiger partial charge in [-0.3, -0.25) is 9.87 Å². The molecule has 8 heteroatoms. The van der Waals surface area contributed by atoms with E-state index in [1.54, 1.807) is 0 Å². The first-order valence-electron chi connectivity index (χ1n) is 6.92. The monoisotopic (exact) mass is 311 g/mol. The molecule has 0 saturated heterocycles. The van der Waals surface area contributed by atoms with Crippen LogP contribution in [-0.4, -0.2) is 35.1 Å². The van der Waals surface area contributed by atoms with Crippen LogP contribution in [0, 0.1) is 17.8 Å². The van der Waals surface area contributed by atoms with Crippen LogP contribution in [0.5, 0.6) is 0 Å². The van der Waals surface area contributed by atoms with Crippen molar-refractivity contribution in [3.05, 3.63) is 0 Å². The van der Waals surface area contributed by atoms with Crippen LogP contribution in [0.15, 0.2) is 0 Å². The molecule has 4 aliphatic carbocycles. The molecule has 4 bridgehead atoms. The van der Waals surface area contributed by atoms with E-state index in [2.05, 4.69) is 5.32 Å². The lowest BCUT2D eigenvalue weighted by Gasteiger charge is -2.57. The number of hydrogen-bond acceptors (Lipinski definition) is 4. The first-order valence-corrected chi connectivity index (χ1v) is 8.36. The van der Waals surface area contributed by atoms with Gasteiger partial charge in [0.2, 0.25) is 0 Å². The maximum atomic E-state index is 13.5.